The molecule has 0 saturated heterocycles. The zero-order valence-electron chi connectivity index (χ0n) is 17.6. The quantitative estimate of drug-likeness (QED) is 0.219. The Hall–Kier alpha value is -2.78. The molecule has 162 valence electrons. The first kappa shape index (κ1) is 22.4. The molecule has 1 aromatic heterocycles. The van der Waals surface area contributed by atoms with E-state index in [4.69, 9.17) is 9.72 Å². The number of rotatable bonds is 6. The van der Waals surface area contributed by atoms with Crippen LogP contribution in [0.4, 0.5) is 5.69 Å². The van der Waals surface area contributed by atoms with Gasteiger partial charge >= 0.3 is 5.97 Å². The number of anilines is 1. The van der Waals surface area contributed by atoms with Gasteiger partial charge in [-0.2, -0.15) is 0 Å². The summed E-state index contributed by atoms with van der Waals surface area (Å²) in [7, 11) is 0. The second-order valence-corrected chi connectivity index (χ2v) is 9.53. The fourth-order valence-corrected chi connectivity index (χ4v) is 4.89. The van der Waals surface area contributed by atoms with E-state index >= 15 is 0 Å². The maximum atomic E-state index is 12.7. The van der Waals surface area contributed by atoms with Crippen LogP contribution in [0.5, 0.6) is 0 Å². The summed E-state index contributed by atoms with van der Waals surface area (Å²) in [5, 5.41) is 3.77. The summed E-state index contributed by atoms with van der Waals surface area (Å²) in [6.45, 7) is 3.88. The van der Waals surface area contributed by atoms with Crippen LogP contribution in [0.15, 0.2) is 66.7 Å². The van der Waals surface area contributed by atoms with Gasteiger partial charge in [-0.15, -0.1) is 11.3 Å². The van der Waals surface area contributed by atoms with Crippen LogP contribution < -0.4 is 5.32 Å². The smallest absolute Gasteiger partial charge is 0.339 e. The lowest BCUT2D eigenvalue weighted by Crippen LogP contribution is -2.32. The van der Waals surface area contributed by atoms with E-state index in [1.54, 1.807) is 23.5 Å². The summed E-state index contributed by atoms with van der Waals surface area (Å²) in [6, 6.07) is 20.9. The van der Waals surface area contributed by atoms with Crippen molar-refractivity contribution in [3.8, 4) is 10.6 Å². The van der Waals surface area contributed by atoms with Crippen molar-refractivity contribution >= 4 is 61.7 Å². The minimum Gasteiger partial charge on any atom is -0.449 e. The average molecular weight is 556 g/mol. The van der Waals surface area contributed by atoms with E-state index in [2.05, 4.69) is 47.0 Å². The Bertz CT molecular complexity index is 1280. The topological polar surface area (TPSA) is 68.3 Å². The second kappa shape index (κ2) is 9.79. The molecule has 32 heavy (non-hydrogen) atoms. The van der Waals surface area contributed by atoms with Gasteiger partial charge in [0.2, 0.25) is 0 Å². The first-order valence-electron chi connectivity index (χ1n) is 10.2. The highest BCUT2D eigenvalue weighted by Crippen LogP contribution is 2.31. The van der Waals surface area contributed by atoms with Crippen molar-refractivity contribution in [1.82, 2.24) is 4.98 Å². The van der Waals surface area contributed by atoms with Crippen molar-refractivity contribution < 1.29 is 14.3 Å². The third-order valence-electron chi connectivity index (χ3n) is 4.95. The number of ether oxygens (including phenoxy) is 1. The summed E-state index contributed by atoms with van der Waals surface area (Å²) < 4.78 is 7.41. The molecule has 5 nitrogen and oxygen atoms in total. The number of nitrogens with zero attached hydrogens (tertiary/aromatic N) is 1. The lowest BCUT2D eigenvalue weighted by molar-refractivity contribution is -0.124. The molecule has 1 N–H and O–H groups in total. The van der Waals surface area contributed by atoms with Gasteiger partial charge in [0, 0.05) is 14.8 Å². The van der Waals surface area contributed by atoms with E-state index in [0.29, 0.717) is 17.7 Å². The molecule has 0 saturated carbocycles. The number of esters is 1. The molecule has 4 aromatic rings. The fraction of sp³-hybridized carbons (Fsp3) is 0.160. The number of nitrogens with one attached hydrogen (secondary N) is 1. The van der Waals surface area contributed by atoms with Gasteiger partial charge in [-0.1, -0.05) is 25.1 Å². The number of benzene rings is 3. The number of carbonyl (C=O) groups is 2. The molecule has 0 fully saturated rings. The molecule has 4 rings (SSSR count). The standard InChI is InChI=1S/C25H21IN2O3S/c1-3-21(31-25(30)18-6-4-5-7-19(18)26)23(29)27-17-11-9-16(10-12-17)24-28-20-13-8-15(2)14-22(20)32-24/h4-14,21H,3H2,1-2H3,(H,27,29). The number of aryl methyl sites for hydroxylation is 1. The van der Waals surface area contributed by atoms with Crippen molar-refractivity contribution in [1.29, 1.82) is 0 Å². The van der Waals surface area contributed by atoms with E-state index in [-0.39, 0.29) is 5.91 Å². The van der Waals surface area contributed by atoms with Crippen LogP contribution in [0.25, 0.3) is 20.8 Å². The van der Waals surface area contributed by atoms with Gasteiger partial charge in [0.25, 0.3) is 5.91 Å². The minimum absolute atomic E-state index is 0.352. The molecule has 0 aliphatic heterocycles. The summed E-state index contributed by atoms with van der Waals surface area (Å²) in [4.78, 5) is 29.9. The Balaban J connectivity index is 1.44. The molecular weight excluding hydrogens is 535 g/mol. The Morgan fingerprint density at radius 3 is 2.56 bits per heavy atom. The van der Waals surface area contributed by atoms with E-state index in [9.17, 15) is 9.59 Å². The predicted molar refractivity (Wildman–Crippen MR) is 137 cm³/mol. The van der Waals surface area contributed by atoms with Crippen LogP contribution in [-0.2, 0) is 9.53 Å². The highest BCUT2D eigenvalue weighted by atomic mass is 127. The molecule has 3 aromatic carbocycles. The first-order valence-corrected chi connectivity index (χ1v) is 12.1. The van der Waals surface area contributed by atoms with Crippen LogP contribution >= 0.6 is 33.9 Å². The van der Waals surface area contributed by atoms with Gasteiger partial charge in [0.15, 0.2) is 6.10 Å². The number of hydrogen-bond acceptors (Lipinski definition) is 5. The summed E-state index contributed by atoms with van der Waals surface area (Å²) in [5.74, 6) is -0.853. The molecule has 1 amide bonds. The van der Waals surface area contributed by atoms with E-state index in [0.717, 1.165) is 24.4 Å². The number of carbonyl (C=O) groups excluding carboxylic acids is 2. The molecular formula is C25H21IN2O3S. The van der Waals surface area contributed by atoms with Crippen LogP contribution in [0.1, 0.15) is 29.3 Å². The van der Waals surface area contributed by atoms with Crippen LogP contribution in [0.3, 0.4) is 0 Å². The summed E-state index contributed by atoms with van der Waals surface area (Å²) >= 11 is 3.72. The Morgan fingerprint density at radius 1 is 1.09 bits per heavy atom. The van der Waals surface area contributed by atoms with Gasteiger partial charge < -0.3 is 10.1 Å². The molecule has 0 radical (unpaired) electrons. The average Bonchev–Trinajstić information content (AvgIpc) is 3.21. The maximum absolute atomic E-state index is 12.7. The van der Waals surface area contributed by atoms with E-state index in [1.807, 2.05) is 49.4 Å². The zero-order valence-corrected chi connectivity index (χ0v) is 20.6. The van der Waals surface area contributed by atoms with Crippen molar-refractivity contribution in [3.63, 3.8) is 0 Å². The molecule has 7 heteroatoms. The molecule has 0 bridgehead atoms. The Kier molecular flexibility index (Phi) is 6.86. The normalized spacial score (nSPS) is 11.8. The van der Waals surface area contributed by atoms with E-state index < -0.39 is 12.1 Å². The van der Waals surface area contributed by atoms with Gasteiger partial charge in [-0.25, -0.2) is 9.78 Å². The predicted octanol–water partition coefficient (Wildman–Crippen LogP) is 6.45. The zero-order chi connectivity index (χ0) is 22.7. The number of thiazole rings is 1. The van der Waals surface area contributed by atoms with Crippen LogP contribution in [-0.4, -0.2) is 23.0 Å². The Labute approximate surface area is 204 Å². The molecule has 1 atom stereocenters. The number of hydrogen-bond donors (Lipinski definition) is 1. The van der Waals surface area contributed by atoms with E-state index in [1.165, 1.54) is 5.56 Å². The van der Waals surface area contributed by atoms with Gasteiger partial charge in [-0.05, 0) is 90.0 Å². The van der Waals surface area contributed by atoms with Gasteiger partial charge in [0.1, 0.15) is 5.01 Å². The Morgan fingerprint density at radius 2 is 1.84 bits per heavy atom. The number of halogens is 1. The summed E-state index contributed by atoms with van der Waals surface area (Å²) in [5.41, 5.74) is 4.26. The minimum atomic E-state index is -0.870. The second-order valence-electron chi connectivity index (χ2n) is 7.34. The van der Waals surface area contributed by atoms with Crippen molar-refractivity contribution in [2.45, 2.75) is 26.4 Å². The SMILES string of the molecule is CCC(OC(=O)c1ccccc1I)C(=O)Nc1ccc(-c2nc3ccc(C)cc3s2)cc1. The monoisotopic (exact) mass is 556 g/mol. The highest BCUT2D eigenvalue weighted by Gasteiger charge is 2.23. The summed E-state index contributed by atoms with van der Waals surface area (Å²) in [6.07, 6.45) is -0.491. The van der Waals surface area contributed by atoms with Crippen molar-refractivity contribution in [3.05, 3.63) is 81.4 Å². The fourth-order valence-electron chi connectivity index (χ4n) is 3.22. The molecule has 0 spiro atoms. The van der Waals surface area contributed by atoms with Crippen molar-refractivity contribution in [2.75, 3.05) is 5.32 Å². The first-order chi connectivity index (χ1) is 15.4. The number of fused-ring (bicyclic) bond motifs is 1. The lowest BCUT2D eigenvalue weighted by atomic mass is 10.2. The van der Waals surface area contributed by atoms with Crippen molar-refractivity contribution in [2.24, 2.45) is 0 Å². The van der Waals surface area contributed by atoms with Gasteiger partial charge in [-0.3, -0.25) is 4.79 Å². The van der Waals surface area contributed by atoms with Crippen LogP contribution in [0, 0.1) is 10.5 Å². The molecule has 0 aliphatic carbocycles. The third kappa shape index (κ3) is 4.99. The molecule has 1 unspecified atom stereocenters. The number of amides is 1. The molecule has 0 aliphatic rings. The largest absolute Gasteiger partial charge is 0.449 e. The lowest BCUT2D eigenvalue weighted by Gasteiger charge is -2.16. The van der Waals surface area contributed by atoms with Crippen LogP contribution in [0.2, 0.25) is 0 Å². The van der Waals surface area contributed by atoms with Gasteiger partial charge in [0.05, 0.1) is 15.8 Å². The number of aromatic nitrogens is 1. The maximum Gasteiger partial charge on any atom is 0.339 e. The molecule has 1 heterocycles. The highest BCUT2D eigenvalue weighted by molar-refractivity contribution is 14.1. The third-order valence-corrected chi connectivity index (χ3v) is 6.96.